The summed E-state index contributed by atoms with van der Waals surface area (Å²) in [6.45, 7) is 1.61. The van der Waals surface area contributed by atoms with E-state index in [0.717, 1.165) is 12.1 Å². The number of nitrogens with zero attached hydrogens (tertiary/aromatic N) is 5. The van der Waals surface area contributed by atoms with E-state index in [-0.39, 0.29) is 35.6 Å². The van der Waals surface area contributed by atoms with E-state index in [0.29, 0.717) is 21.5 Å². The number of phenols is 1. The fourth-order valence-corrected chi connectivity index (χ4v) is 4.62. The Labute approximate surface area is 242 Å². The first-order valence-electron chi connectivity index (χ1n) is 13.0. The minimum atomic E-state index is -4.85. The van der Waals surface area contributed by atoms with Crippen LogP contribution in [0.2, 0.25) is 0 Å². The lowest BCUT2D eigenvalue weighted by Crippen LogP contribution is -2.38. The molecule has 0 radical (unpaired) electrons. The lowest BCUT2D eigenvalue weighted by molar-refractivity contribution is -0.605. The van der Waals surface area contributed by atoms with Crippen LogP contribution in [0.5, 0.6) is 11.5 Å². The second-order valence-electron chi connectivity index (χ2n) is 9.64. The van der Waals surface area contributed by atoms with Crippen molar-refractivity contribution >= 4 is 16.9 Å². The number of pyridine rings is 2. The molecule has 0 aliphatic carbocycles. The van der Waals surface area contributed by atoms with Crippen LogP contribution < -0.4 is 15.0 Å². The summed E-state index contributed by atoms with van der Waals surface area (Å²) in [4.78, 5) is 37.9. The SMILES string of the molecule is CC(c1nc2ncccc2c(=O)n1-c1ccc(O)cc1)N(Cc1ccc[n+]([O-])c1)C(=O)Cc1ccc(OC(F)(F)F)cc1. The standard InChI is InChI=1S/C30H24F3N5O5/c1-19(28-35-27-25(5-2-14-34-27)29(41)38(28)22-8-10-23(39)11-9-22)37(18-21-4-3-15-36(42)17-21)26(40)16-20-6-12-24(13-7-20)43-30(31,32)33/h2-15,17,19,39H,16,18H2,1H3. The Morgan fingerprint density at radius 3 is 2.47 bits per heavy atom. The number of rotatable bonds is 8. The summed E-state index contributed by atoms with van der Waals surface area (Å²) in [5.41, 5.74) is 0.994. The van der Waals surface area contributed by atoms with E-state index in [4.69, 9.17) is 0 Å². The average Bonchev–Trinajstić information content (AvgIpc) is 2.96. The molecule has 0 aliphatic heterocycles. The predicted molar refractivity (Wildman–Crippen MR) is 148 cm³/mol. The summed E-state index contributed by atoms with van der Waals surface area (Å²) in [6, 6.07) is 16.3. The molecule has 2 aromatic carbocycles. The lowest BCUT2D eigenvalue weighted by atomic mass is 10.1. The number of carbonyl (C=O) groups excluding carboxylic acids is 1. The van der Waals surface area contributed by atoms with Crippen molar-refractivity contribution in [2.24, 2.45) is 0 Å². The Kier molecular flexibility index (Phi) is 7.97. The Hall–Kier alpha value is -5.46. The van der Waals surface area contributed by atoms with E-state index in [2.05, 4.69) is 14.7 Å². The van der Waals surface area contributed by atoms with Crippen LogP contribution in [0.4, 0.5) is 13.2 Å². The van der Waals surface area contributed by atoms with Crippen LogP contribution in [0.3, 0.4) is 0 Å². The van der Waals surface area contributed by atoms with Crippen molar-refractivity contribution < 1.29 is 32.5 Å². The minimum absolute atomic E-state index is 0.0136. The number of ether oxygens (including phenoxy) is 1. The summed E-state index contributed by atoms with van der Waals surface area (Å²) < 4.78 is 43.6. The van der Waals surface area contributed by atoms with Gasteiger partial charge in [-0.25, -0.2) is 9.97 Å². The summed E-state index contributed by atoms with van der Waals surface area (Å²) in [6.07, 6.45) is -0.982. The number of phenolic OH excluding ortho intramolecular Hbond substituents is 1. The summed E-state index contributed by atoms with van der Waals surface area (Å²) in [5, 5.41) is 22.1. The lowest BCUT2D eigenvalue weighted by Gasteiger charge is -2.30. The van der Waals surface area contributed by atoms with E-state index in [1.807, 2.05) is 0 Å². The molecule has 1 atom stereocenters. The number of benzene rings is 2. The fourth-order valence-electron chi connectivity index (χ4n) is 4.62. The zero-order chi connectivity index (χ0) is 30.7. The number of hydrogen-bond acceptors (Lipinski definition) is 7. The van der Waals surface area contributed by atoms with E-state index in [1.54, 1.807) is 25.1 Å². The molecule has 220 valence electrons. The first-order chi connectivity index (χ1) is 20.5. The Morgan fingerprint density at radius 2 is 1.79 bits per heavy atom. The van der Waals surface area contributed by atoms with Gasteiger partial charge in [-0.3, -0.25) is 14.2 Å². The van der Waals surface area contributed by atoms with Crippen molar-refractivity contribution in [2.75, 3.05) is 0 Å². The second kappa shape index (κ2) is 11.8. The van der Waals surface area contributed by atoms with Crippen LogP contribution in [0.25, 0.3) is 16.7 Å². The monoisotopic (exact) mass is 591 g/mol. The van der Waals surface area contributed by atoms with Crippen molar-refractivity contribution in [2.45, 2.75) is 32.3 Å². The van der Waals surface area contributed by atoms with Crippen LogP contribution >= 0.6 is 0 Å². The zero-order valence-corrected chi connectivity index (χ0v) is 22.6. The molecule has 1 unspecified atom stereocenters. The number of amides is 1. The number of aromatic hydroxyl groups is 1. The van der Waals surface area contributed by atoms with Gasteiger partial charge >= 0.3 is 6.36 Å². The number of hydrogen-bond donors (Lipinski definition) is 1. The number of fused-ring (bicyclic) bond motifs is 1. The number of halogens is 3. The fraction of sp³-hybridized carbons (Fsp3) is 0.167. The van der Waals surface area contributed by atoms with E-state index >= 15 is 0 Å². The van der Waals surface area contributed by atoms with Gasteiger partial charge in [-0.15, -0.1) is 13.2 Å². The van der Waals surface area contributed by atoms with Gasteiger partial charge in [0.15, 0.2) is 18.0 Å². The van der Waals surface area contributed by atoms with Crippen LogP contribution in [-0.2, 0) is 17.8 Å². The maximum atomic E-state index is 13.8. The van der Waals surface area contributed by atoms with Gasteiger partial charge in [0.1, 0.15) is 17.3 Å². The maximum Gasteiger partial charge on any atom is 0.573 e. The Bertz CT molecular complexity index is 1830. The van der Waals surface area contributed by atoms with Crippen molar-refractivity contribution in [1.29, 1.82) is 0 Å². The van der Waals surface area contributed by atoms with E-state index in [1.165, 1.54) is 70.5 Å². The quantitative estimate of drug-likeness (QED) is 0.210. The third-order valence-corrected chi connectivity index (χ3v) is 6.64. The summed E-state index contributed by atoms with van der Waals surface area (Å²) in [7, 11) is 0. The molecule has 13 heteroatoms. The molecule has 3 aromatic heterocycles. The summed E-state index contributed by atoms with van der Waals surface area (Å²) in [5.74, 6) is -0.731. The average molecular weight is 592 g/mol. The number of alkyl halides is 3. The highest BCUT2D eigenvalue weighted by molar-refractivity contribution is 5.79. The van der Waals surface area contributed by atoms with Crippen LogP contribution in [0, 0.1) is 5.21 Å². The molecule has 3 heterocycles. The third-order valence-electron chi connectivity index (χ3n) is 6.64. The molecule has 10 nitrogen and oxygen atoms in total. The third kappa shape index (κ3) is 6.72. The topological polar surface area (TPSA) is 124 Å². The van der Waals surface area contributed by atoms with Crippen molar-refractivity contribution in [3.8, 4) is 17.2 Å². The Morgan fingerprint density at radius 1 is 1.07 bits per heavy atom. The molecular weight excluding hydrogens is 567 g/mol. The Balaban J connectivity index is 1.57. The second-order valence-corrected chi connectivity index (χ2v) is 9.64. The molecule has 5 rings (SSSR count). The first kappa shape index (κ1) is 29.0. The minimum Gasteiger partial charge on any atom is -0.619 e. The van der Waals surface area contributed by atoms with Crippen LogP contribution in [0.1, 0.15) is 29.9 Å². The van der Waals surface area contributed by atoms with Gasteiger partial charge in [-0.1, -0.05) is 12.1 Å². The molecule has 0 spiro atoms. The molecule has 0 saturated heterocycles. The van der Waals surface area contributed by atoms with Gasteiger partial charge in [0.05, 0.1) is 30.1 Å². The van der Waals surface area contributed by atoms with Gasteiger partial charge in [0, 0.05) is 17.8 Å². The van der Waals surface area contributed by atoms with E-state index in [9.17, 15) is 33.1 Å². The summed E-state index contributed by atoms with van der Waals surface area (Å²) >= 11 is 0. The molecule has 0 fully saturated rings. The van der Waals surface area contributed by atoms with Crippen molar-refractivity contribution in [3.63, 3.8) is 0 Å². The van der Waals surface area contributed by atoms with Gasteiger partial charge < -0.3 is 20.0 Å². The molecule has 0 aliphatic rings. The van der Waals surface area contributed by atoms with Gasteiger partial charge in [-0.2, -0.15) is 4.73 Å². The van der Waals surface area contributed by atoms with Crippen LogP contribution in [0.15, 0.2) is 96.2 Å². The molecule has 0 bridgehead atoms. The number of aromatic nitrogens is 4. The highest BCUT2D eigenvalue weighted by Gasteiger charge is 2.31. The number of carbonyl (C=O) groups is 1. The molecule has 1 amide bonds. The molecule has 5 aromatic rings. The van der Waals surface area contributed by atoms with Gasteiger partial charge in [0.2, 0.25) is 5.91 Å². The van der Waals surface area contributed by atoms with Gasteiger partial charge in [-0.05, 0) is 67.1 Å². The largest absolute Gasteiger partial charge is 0.619 e. The molecular formula is C30H24F3N5O5. The zero-order valence-electron chi connectivity index (χ0n) is 22.6. The van der Waals surface area contributed by atoms with Crippen molar-refractivity contribution in [1.82, 2.24) is 19.4 Å². The predicted octanol–water partition coefficient (Wildman–Crippen LogP) is 4.35. The molecule has 1 N–H and O–H groups in total. The molecule has 43 heavy (non-hydrogen) atoms. The van der Waals surface area contributed by atoms with Gasteiger partial charge in [0.25, 0.3) is 5.56 Å². The van der Waals surface area contributed by atoms with Crippen LogP contribution in [-0.4, -0.2) is 36.8 Å². The normalized spacial score (nSPS) is 12.2. The highest BCUT2D eigenvalue weighted by atomic mass is 19.4. The molecule has 0 saturated carbocycles. The van der Waals surface area contributed by atoms with E-state index < -0.39 is 29.6 Å². The first-order valence-corrected chi connectivity index (χ1v) is 13.0. The highest BCUT2D eigenvalue weighted by Crippen LogP contribution is 2.27. The smallest absolute Gasteiger partial charge is 0.573 e. The maximum absolute atomic E-state index is 13.8. The van der Waals surface area contributed by atoms with Crippen molar-refractivity contribution in [3.05, 3.63) is 124 Å².